The molecule has 0 radical (unpaired) electrons. The summed E-state index contributed by atoms with van der Waals surface area (Å²) in [5.41, 5.74) is 7.47. The second-order valence-electron chi connectivity index (χ2n) is 6.75. The van der Waals surface area contributed by atoms with Gasteiger partial charge in [0.2, 0.25) is 0 Å². The number of carboxylic acids is 1. The van der Waals surface area contributed by atoms with E-state index >= 15 is 0 Å². The van der Waals surface area contributed by atoms with E-state index in [9.17, 15) is 14.4 Å². The number of esters is 2. The molecular weight excluding hydrogens is 386 g/mol. The fraction of sp³-hybridized carbons (Fsp3) is 0.609. The maximum atomic E-state index is 11.1. The molecule has 0 aliphatic heterocycles. The Labute approximate surface area is 182 Å². The van der Waals surface area contributed by atoms with Crippen molar-refractivity contribution < 1.29 is 29.0 Å². The summed E-state index contributed by atoms with van der Waals surface area (Å²) >= 11 is 0. The normalized spacial score (nSPS) is 9.03. The van der Waals surface area contributed by atoms with Crippen molar-refractivity contribution in [2.24, 2.45) is 5.73 Å². The molecule has 3 N–H and O–H groups in total. The Morgan fingerprint density at radius 2 is 1.53 bits per heavy atom. The average Bonchev–Trinajstić information content (AvgIpc) is 2.70. The summed E-state index contributed by atoms with van der Waals surface area (Å²) in [4.78, 5) is 31.7. The van der Waals surface area contributed by atoms with E-state index < -0.39 is 5.97 Å². The average molecular weight is 428 g/mol. The van der Waals surface area contributed by atoms with Gasteiger partial charge in [-0.25, -0.2) is 14.4 Å². The van der Waals surface area contributed by atoms with Gasteiger partial charge in [0.05, 0.1) is 13.7 Å². The van der Waals surface area contributed by atoms with Gasteiger partial charge in [-0.1, -0.05) is 51.8 Å². The predicted octanol–water partition coefficient (Wildman–Crippen LogP) is 4.57. The van der Waals surface area contributed by atoms with Gasteiger partial charge in [-0.3, -0.25) is 0 Å². The lowest BCUT2D eigenvalue weighted by Crippen LogP contribution is -2.08. The van der Waals surface area contributed by atoms with E-state index in [0.717, 1.165) is 18.4 Å². The summed E-state index contributed by atoms with van der Waals surface area (Å²) in [6.45, 7) is 17.1. The number of carboxylic acid groups (broad SMARTS) is 1. The molecule has 0 fully saturated rings. The number of aliphatic carboxylic acids is 1. The molecule has 0 amide bonds. The molecule has 0 saturated carbocycles. The SMILES string of the molecule is C=C(C)C(=O)OC.C=C(CC)C(=O)OCCCCCC.CC(C)=C(CCN)C(=O)O. The first-order chi connectivity index (χ1) is 14.0. The zero-order chi connectivity index (χ0) is 24.1. The van der Waals surface area contributed by atoms with E-state index in [2.05, 4.69) is 24.8 Å². The Morgan fingerprint density at radius 1 is 0.967 bits per heavy atom. The van der Waals surface area contributed by atoms with Crippen molar-refractivity contribution in [2.75, 3.05) is 20.3 Å². The summed E-state index contributed by atoms with van der Waals surface area (Å²) in [6.07, 6.45) is 5.66. The molecule has 7 heteroatoms. The summed E-state index contributed by atoms with van der Waals surface area (Å²) in [5.74, 6) is -1.44. The zero-order valence-corrected chi connectivity index (χ0v) is 19.6. The predicted molar refractivity (Wildman–Crippen MR) is 121 cm³/mol. The fourth-order valence-corrected chi connectivity index (χ4v) is 1.83. The lowest BCUT2D eigenvalue weighted by atomic mass is 10.1. The minimum absolute atomic E-state index is 0.237. The number of methoxy groups -OCH3 is 1. The first-order valence-electron chi connectivity index (χ1n) is 10.2. The van der Waals surface area contributed by atoms with Crippen molar-refractivity contribution in [3.05, 3.63) is 35.5 Å². The number of carbonyl (C=O) groups is 3. The van der Waals surface area contributed by atoms with Crippen LogP contribution in [-0.4, -0.2) is 43.3 Å². The minimum Gasteiger partial charge on any atom is -0.478 e. The molecular formula is C23H41NO6. The molecule has 0 aliphatic carbocycles. The van der Waals surface area contributed by atoms with Gasteiger partial charge in [0.1, 0.15) is 0 Å². The first kappa shape index (κ1) is 32.3. The highest BCUT2D eigenvalue weighted by Gasteiger charge is 2.06. The maximum Gasteiger partial charge on any atom is 0.333 e. The highest BCUT2D eigenvalue weighted by molar-refractivity contribution is 5.88. The molecule has 0 aromatic heterocycles. The van der Waals surface area contributed by atoms with Crippen LogP contribution in [0.3, 0.4) is 0 Å². The number of nitrogens with two attached hydrogens (primary N) is 1. The van der Waals surface area contributed by atoms with Crippen LogP contribution in [0.4, 0.5) is 0 Å². The van der Waals surface area contributed by atoms with E-state index in [4.69, 9.17) is 15.6 Å². The van der Waals surface area contributed by atoms with Gasteiger partial charge in [-0.05, 0) is 46.6 Å². The zero-order valence-electron chi connectivity index (χ0n) is 19.6. The third-order valence-electron chi connectivity index (χ3n) is 3.74. The van der Waals surface area contributed by atoms with Crippen molar-refractivity contribution >= 4 is 17.9 Å². The lowest BCUT2D eigenvalue weighted by Gasteiger charge is -2.04. The van der Waals surface area contributed by atoms with E-state index in [1.807, 2.05) is 6.92 Å². The molecule has 174 valence electrons. The van der Waals surface area contributed by atoms with Crippen molar-refractivity contribution in [1.82, 2.24) is 0 Å². The molecule has 0 saturated heterocycles. The Balaban J connectivity index is -0.000000383. The van der Waals surface area contributed by atoms with E-state index in [1.54, 1.807) is 20.8 Å². The topological polar surface area (TPSA) is 116 Å². The summed E-state index contributed by atoms with van der Waals surface area (Å²) in [5, 5.41) is 8.56. The molecule has 0 unspecified atom stereocenters. The lowest BCUT2D eigenvalue weighted by molar-refractivity contribution is -0.139. The van der Waals surface area contributed by atoms with E-state index in [-0.39, 0.29) is 11.9 Å². The van der Waals surface area contributed by atoms with Crippen LogP contribution in [-0.2, 0) is 23.9 Å². The van der Waals surface area contributed by atoms with Gasteiger partial charge in [-0.15, -0.1) is 0 Å². The Bertz CT molecular complexity index is 574. The molecule has 0 atom stereocenters. The molecule has 0 aromatic carbocycles. The summed E-state index contributed by atoms with van der Waals surface area (Å²) in [7, 11) is 1.33. The highest BCUT2D eigenvalue weighted by Crippen LogP contribution is 2.06. The molecule has 0 aliphatic rings. The largest absolute Gasteiger partial charge is 0.478 e. The quantitative estimate of drug-likeness (QED) is 0.282. The van der Waals surface area contributed by atoms with Crippen LogP contribution in [0.2, 0.25) is 0 Å². The van der Waals surface area contributed by atoms with Crippen LogP contribution >= 0.6 is 0 Å². The second kappa shape index (κ2) is 21.3. The Morgan fingerprint density at radius 3 is 1.80 bits per heavy atom. The second-order valence-corrected chi connectivity index (χ2v) is 6.75. The van der Waals surface area contributed by atoms with Crippen LogP contribution in [0.25, 0.3) is 0 Å². The molecule has 0 heterocycles. The van der Waals surface area contributed by atoms with Crippen molar-refractivity contribution in [3.8, 4) is 0 Å². The minimum atomic E-state index is -0.856. The molecule has 0 rings (SSSR count). The number of allylic oxidation sites excluding steroid dienone is 1. The Hall–Kier alpha value is -2.41. The van der Waals surface area contributed by atoms with Crippen LogP contribution in [0.5, 0.6) is 0 Å². The number of carbonyl (C=O) groups excluding carboxylic acids is 2. The third kappa shape index (κ3) is 20.3. The Kier molecular flexibility index (Phi) is 22.9. The van der Waals surface area contributed by atoms with Crippen LogP contribution in [0.1, 0.15) is 73.1 Å². The summed E-state index contributed by atoms with van der Waals surface area (Å²) in [6, 6.07) is 0. The van der Waals surface area contributed by atoms with Gasteiger partial charge in [0.25, 0.3) is 0 Å². The standard InChI is InChI=1S/C11H20O2.C7H13NO2.C5H8O2/c1-4-6-7-8-9-13-11(12)10(3)5-2;1-5(2)6(3-4-8)7(9)10;1-4(2)5(6)7-3/h3-9H2,1-2H3;3-4,8H2,1-2H3,(H,9,10);1H2,2-3H3. The number of rotatable bonds is 11. The molecule has 30 heavy (non-hydrogen) atoms. The smallest absolute Gasteiger partial charge is 0.333 e. The maximum absolute atomic E-state index is 11.1. The van der Waals surface area contributed by atoms with Gasteiger partial charge in [0, 0.05) is 16.7 Å². The third-order valence-corrected chi connectivity index (χ3v) is 3.74. The van der Waals surface area contributed by atoms with Crippen LogP contribution < -0.4 is 5.73 Å². The molecule has 0 aromatic rings. The molecule has 7 nitrogen and oxygen atoms in total. The van der Waals surface area contributed by atoms with E-state index in [0.29, 0.717) is 42.7 Å². The van der Waals surface area contributed by atoms with Gasteiger partial charge in [-0.2, -0.15) is 0 Å². The summed E-state index contributed by atoms with van der Waals surface area (Å²) < 4.78 is 9.28. The molecule has 0 bridgehead atoms. The number of hydrogen-bond acceptors (Lipinski definition) is 6. The number of unbranched alkanes of at least 4 members (excludes halogenated alkanes) is 3. The first-order valence-corrected chi connectivity index (χ1v) is 10.2. The van der Waals surface area contributed by atoms with Gasteiger partial charge < -0.3 is 20.3 Å². The van der Waals surface area contributed by atoms with Crippen molar-refractivity contribution in [3.63, 3.8) is 0 Å². The monoisotopic (exact) mass is 427 g/mol. The highest BCUT2D eigenvalue weighted by atomic mass is 16.5. The van der Waals surface area contributed by atoms with Crippen molar-refractivity contribution in [2.45, 2.75) is 73.1 Å². The molecule has 0 spiro atoms. The van der Waals surface area contributed by atoms with Crippen LogP contribution in [0.15, 0.2) is 35.5 Å². The fourth-order valence-electron chi connectivity index (χ4n) is 1.83. The number of ether oxygens (including phenoxy) is 2. The van der Waals surface area contributed by atoms with Gasteiger partial charge >= 0.3 is 17.9 Å². The van der Waals surface area contributed by atoms with Crippen molar-refractivity contribution in [1.29, 1.82) is 0 Å². The van der Waals surface area contributed by atoms with E-state index in [1.165, 1.54) is 20.0 Å². The van der Waals surface area contributed by atoms with Gasteiger partial charge in [0.15, 0.2) is 0 Å². The van der Waals surface area contributed by atoms with Crippen LogP contribution in [0, 0.1) is 0 Å². The number of hydrogen-bond donors (Lipinski definition) is 2.